The van der Waals surface area contributed by atoms with Gasteiger partial charge < -0.3 is 10.6 Å². The molecule has 2 N–H and O–H groups in total. The number of carbonyl (C=O) groups is 2. The molecule has 0 heterocycles. The Kier molecular flexibility index (Phi) is 5.94. The lowest BCUT2D eigenvalue weighted by Gasteiger charge is -2.12. The van der Waals surface area contributed by atoms with E-state index in [4.69, 9.17) is 0 Å². The summed E-state index contributed by atoms with van der Waals surface area (Å²) in [6.45, 7) is 5.56. The molecule has 136 valence electrons. The molecule has 0 saturated carbocycles. The predicted octanol–water partition coefficient (Wildman–Crippen LogP) is 2.57. The van der Waals surface area contributed by atoms with Gasteiger partial charge in [-0.1, -0.05) is 24.3 Å². The summed E-state index contributed by atoms with van der Waals surface area (Å²) >= 11 is 0. The van der Waals surface area contributed by atoms with Crippen molar-refractivity contribution < 1.29 is 18.0 Å². The van der Waals surface area contributed by atoms with Crippen LogP contribution in [0, 0.1) is 6.92 Å². The summed E-state index contributed by atoms with van der Waals surface area (Å²) in [6.07, 6.45) is 2.64. The van der Waals surface area contributed by atoms with Gasteiger partial charge in [0.1, 0.15) is 0 Å². The number of aryl methyl sites for hydroxylation is 1. The first-order valence-electron chi connectivity index (χ1n) is 7.84. The summed E-state index contributed by atoms with van der Waals surface area (Å²) in [5.41, 5.74) is 1.50. The molecule has 0 radical (unpaired) electrons. The second kappa shape index (κ2) is 7.97. The number of amides is 2. The topological polar surface area (TPSA) is 92.3 Å². The monoisotopic (exact) mass is 372 g/mol. The van der Waals surface area contributed by atoms with E-state index in [1.165, 1.54) is 12.1 Å². The van der Waals surface area contributed by atoms with Crippen molar-refractivity contribution in [3.8, 4) is 0 Å². The summed E-state index contributed by atoms with van der Waals surface area (Å²) in [5, 5.41) is 5.34. The second-order valence-corrected chi connectivity index (χ2v) is 7.76. The summed E-state index contributed by atoms with van der Waals surface area (Å²) in [7, 11) is -3.43. The van der Waals surface area contributed by atoms with E-state index in [0.717, 1.165) is 6.26 Å². The summed E-state index contributed by atoms with van der Waals surface area (Å²) in [6, 6.07) is 10.9. The van der Waals surface area contributed by atoms with Crippen LogP contribution in [0.4, 0.5) is 5.69 Å². The Labute approximate surface area is 152 Å². The third kappa shape index (κ3) is 4.58. The van der Waals surface area contributed by atoms with Crippen molar-refractivity contribution in [2.24, 2.45) is 0 Å². The molecule has 0 fully saturated rings. The number of hydrogen-bond donors (Lipinski definition) is 2. The van der Waals surface area contributed by atoms with Gasteiger partial charge in [-0.05, 0) is 36.8 Å². The average Bonchev–Trinajstić information content (AvgIpc) is 2.59. The van der Waals surface area contributed by atoms with E-state index in [1.807, 2.05) is 0 Å². The zero-order chi connectivity index (χ0) is 19.3. The number of nitrogens with one attached hydrogen (secondary N) is 2. The maximum atomic E-state index is 12.6. The quantitative estimate of drug-likeness (QED) is 0.762. The Morgan fingerprint density at radius 1 is 1.08 bits per heavy atom. The van der Waals surface area contributed by atoms with Crippen molar-refractivity contribution in [1.29, 1.82) is 0 Å². The van der Waals surface area contributed by atoms with Gasteiger partial charge in [0, 0.05) is 18.4 Å². The highest BCUT2D eigenvalue weighted by Crippen LogP contribution is 2.20. The van der Waals surface area contributed by atoms with Crippen LogP contribution in [-0.2, 0) is 9.84 Å². The van der Waals surface area contributed by atoms with Gasteiger partial charge in [0.05, 0.1) is 16.1 Å². The number of carbonyl (C=O) groups excluding carboxylic acids is 2. The SMILES string of the molecule is C=CCNC(=O)c1ccccc1NC(=O)c1cc(S(C)(=O)=O)ccc1C. The number of sulfone groups is 1. The highest BCUT2D eigenvalue weighted by molar-refractivity contribution is 7.90. The van der Waals surface area contributed by atoms with Gasteiger partial charge in [0.25, 0.3) is 11.8 Å². The van der Waals surface area contributed by atoms with Crippen LogP contribution in [0.1, 0.15) is 26.3 Å². The third-order valence-electron chi connectivity index (χ3n) is 3.71. The van der Waals surface area contributed by atoms with Crippen LogP contribution in [0.25, 0.3) is 0 Å². The molecule has 2 rings (SSSR count). The van der Waals surface area contributed by atoms with Crippen molar-refractivity contribution in [1.82, 2.24) is 5.32 Å². The molecule has 0 aliphatic carbocycles. The van der Waals surface area contributed by atoms with Gasteiger partial charge in [0.2, 0.25) is 0 Å². The van der Waals surface area contributed by atoms with Crippen LogP contribution in [0.3, 0.4) is 0 Å². The first-order valence-corrected chi connectivity index (χ1v) is 9.73. The molecule has 26 heavy (non-hydrogen) atoms. The average molecular weight is 372 g/mol. The zero-order valence-electron chi connectivity index (χ0n) is 14.6. The fourth-order valence-electron chi connectivity index (χ4n) is 2.32. The lowest BCUT2D eigenvalue weighted by atomic mass is 10.1. The third-order valence-corrected chi connectivity index (χ3v) is 4.82. The summed E-state index contributed by atoms with van der Waals surface area (Å²) < 4.78 is 23.5. The van der Waals surface area contributed by atoms with E-state index in [2.05, 4.69) is 17.2 Å². The number of hydrogen-bond acceptors (Lipinski definition) is 4. The Balaban J connectivity index is 2.34. The van der Waals surface area contributed by atoms with Gasteiger partial charge in [-0.2, -0.15) is 0 Å². The van der Waals surface area contributed by atoms with E-state index in [1.54, 1.807) is 43.3 Å². The van der Waals surface area contributed by atoms with E-state index < -0.39 is 15.7 Å². The molecule has 0 unspecified atom stereocenters. The molecule has 0 aliphatic rings. The minimum Gasteiger partial charge on any atom is -0.349 e. The molecule has 2 aromatic rings. The van der Waals surface area contributed by atoms with Crippen LogP contribution in [0.15, 0.2) is 60.0 Å². The highest BCUT2D eigenvalue weighted by Gasteiger charge is 2.17. The fourth-order valence-corrected chi connectivity index (χ4v) is 2.96. The lowest BCUT2D eigenvalue weighted by molar-refractivity contribution is 0.0959. The number of para-hydroxylation sites is 1. The van der Waals surface area contributed by atoms with E-state index >= 15 is 0 Å². The first kappa shape index (κ1) is 19.4. The minimum atomic E-state index is -3.43. The maximum absolute atomic E-state index is 12.6. The second-order valence-electron chi connectivity index (χ2n) is 5.75. The normalized spacial score (nSPS) is 10.8. The van der Waals surface area contributed by atoms with Crippen LogP contribution in [-0.4, -0.2) is 33.0 Å². The van der Waals surface area contributed by atoms with Crippen molar-refractivity contribution >= 4 is 27.3 Å². The molecule has 6 nitrogen and oxygen atoms in total. The molecule has 0 aliphatic heterocycles. The van der Waals surface area contributed by atoms with Gasteiger partial charge in [-0.25, -0.2) is 8.42 Å². The minimum absolute atomic E-state index is 0.0604. The Hall–Kier alpha value is -2.93. The molecular weight excluding hydrogens is 352 g/mol. The van der Waals surface area contributed by atoms with Crippen molar-refractivity contribution in [3.63, 3.8) is 0 Å². The number of benzene rings is 2. The van der Waals surface area contributed by atoms with E-state index in [0.29, 0.717) is 23.4 Å². The van der Waals surface area contributed by atoms with Crippen LogP contribution in [0.2, 0.25) is 0 Å². The van der Waals surface area contributed by atoms with Crippen LogP contribution < -0.4 is 10.6 Å². The summed E-state index contributed by atoms with van der Waals surface area (Å²) in [4.78, 5) is 24.9. The van der Waals surface area contributed by atoms with Gasteiger partial charge in [-0.15, -0.1) is 6.58 Å². The Bertz CT molecular complexity index is 965. The highest BCUT2D eigenvalue weighted by atomic mass is 32.2. The van der Waals surface area contributed by atoms with Gasteiger partial charge in [-0.3, -0.25) is 9.59 Å². The predicted molar refractivity (Wildman–Crippen MR) is 101 cm³/mol. The van der Waals surface area contributed by atoms with E-state index in [9.17, 15) is 18.0 Å². The molecular formula is C19H20N2O4S. The van der Waals surface area contributed by atoms with Crippen molar-refractivity contribution in [2.45, 2.75) is 11.8 Å². The van der Waals surface area contributed by atoms with Crippen molar-refractivity contribution in [2.75, 3.05) is 18.1 Å². The number of anilines is 1. The molecule has 0 aromatic heterocycles. The van der Waals surface area contributed by atoms with Crippen molar-refractivity contribution in [3.05, 3.63) is 71.8 Å². The summed E-state index contributed by atoms with van der Waals surface area (Å²) in [5.74, 6) is -0.834. The van der Waals surface area contributed by atoms with Gasteiger partial charge in [0.15, 0.2) is 9.84 Å². The fraction of sp³-hybridized carbons (Fsp3) is 0.158. The molecule has 2 amide bonds. The maximum Gasteiger partial charge on any atom is 0.255 e. The molecule has 0 spiro atoms. The van der Waals surface area contributed by atoms with Crippen LogP contribution in [0.5, 0.6) is 0 Å². The number of rotatable bonds is 6. The molecule has 0 atom stereocenters. The smallest absolute Gasteiger partial charge is 0.255 e. The molecule has 7 heteroatoms. The van der Waals surface area contributed by atoms with Gasteiger partial charge >= 0.3 is 0 Å². The Morgan fingerprint density at radius 2 is 1.77 bits per heavy atom. The van der Waals surface area contributed by atoms with Crippen LogP contribution >= 0.6 is 0 Å². The molecule has 2 aromatic carbocycles. The molecule has 0 saturated heterocycles. The largest absolute Gasteiger partial charge is 0.349 e. The zero-order valence-corrected chi connectivity index (χ0v) is 15.4. The standard InChI is InChI=1S/C19H20N2O4S/c1-4-11-20-18(22)15-7-5-6-8-17(15)21-19(23)16-12-14(26(3,24)25)10-9-13(16)2/h4-10,12H,1,11H2,2-3H3,(H,20,22)(H,21,23). The lowest BCUT2D eigenvalue weighted by Crippen LogP contribution is -2.25. The Morgan fingerprint density at radius 3 is 2.42 bits per heavy atom. The first-order chi connectivity index (χ1) is 12.2. The van der Waals surface area contributed by atoms with E-state index in [-0.39, 0.29) is 16.4 Å². The molecule has 0 bridgehead atoms.